The lowest BCUT2D eigenvalue weighted by Gasteiger charge is -2.23. The monoisotopic (exact) mass is 195 g/mol. The van der Waals surface area contributed by atoms with Crippen molar-refractivity contribution in [2.75, 3.05) is 0 Å². The van der Waals surface area contributed by atoms with Gasteiger partial charge in [0.05, 0.1) is 12.1 Å². The van der Waals surface area contributed by atoms with Gasteiger partial charge in [-0.2, -0.15) is 0 Å². The lowest BCUT2D eigenvalue weighted by Crippen LogP contribution is -2.20. The summed E-state index contributed by atoms with van der Waals surface area (Å²) < 4.78 is 5.21. The molecule has 1 heterocycles. The van der Waals surface area contributed by atoms with Crippen molar-refractivity contribution in [3.05, 3.63) is 18.4 Å². The number of carbonyl (C=O) groups is 1. The number of aliphatic carboxylic acids is 1. The zero-order valence-electron chi connectivity index (χ0n) is 7.85. The number of hydrogen-bond acceptors (Lipinski definition) is 3. The summed E-state index contributed by atoms with van der Waals surface area (Å²) in [4.78, 5) is 14.8. The molecule has 4 heteroatoms. The first kappa shape index (κ1) is 9.24. The molecule has 0 spiro atoms. The van der Waals surface area contributed by atoms with Crippen LogP contribution in [-0.4, -0.2) is 16.1 Å². The molecule has 0 radical (unpaired) electrons. The van der Waals surface area contributed by atoms with E-state index < -0.39 is 5.97 Å². The molecular formula is C10H13NO3. The number of hydrogen-bond donors (Lipinski definition) is 1. The van der Waals surface area contributed by atoms with Crippen LogP contribution < -0.4 is 0 Å². The molecule has 1 fully saturated rings. The number of oxazole rings is 1. The fraction of sp³-hybridized carbons (Fsp3) is 0.600. The minimum atomic E-state index is -0.671. The third-order valence-corrected chi connectivity index (χ3v) is 2.88. The summed E-state index contributed by atoms with van der Waals surface area (Å²) in [5.74, 6) is 0.242. The highest BCUT2D eigenvalue weighted by molar-refractivity contribution is 5.70. The number of carboxylic acids is 1. The lowest BCUT2D eigenvalue weighted by atomic mass is 9.82. The van der Waals surface area contributed by atoms with E-state index in [0.717, 1.165) is 31.6 Å². The van der Waals surface area contributed by atoms with Crippen molar-refractivity contribution in [1.82, 2.24) is 4.98 Å². The molecule has 0 bridgehead atoms. The SMILES string of the molecule is O=C(O)C1CCC(c2ncco2)CC1. The van der Waals surface area contributed by atoms with Crippen molar-refractivity contribution in [1.29, 1.82) is 0 Å². The van der Waals surface area contributed by atoms with Crippen LogP contribution in [0.15, 0.2) is 16.9 Å². The summed E-state index contributed by atoms with van der Waals surface area (Å²) >= 11 is 0. The first-order valence-corrected chi connectivity index (χ1v) is 4.89. The summed E-state index contributed by atoms with van der Waals surface area (Å²) in [5, 5.41) is 8.82. The number of rotatable bonds is 2. The molecule has 1 aromatic heterocycles. The molecule has 0 amide bonds. The molecule has 0 aromatic carbocycles. The third kappa shape index (κ3) is 1.78. The van der Waals surface area contributed by atoms with Crippen molar-refractivity contribution in [3.63, 3.8) is 0 Å². The van der Waals surface area contributed by atoms with Gasteiger partial charge in [0, 0.05) is 5.92 Å². The first-order chi connectivity index (χ1) is 6.77. The largest absolute Gasteiger partial charge is 0.481 e. The smallest absolute Gasteiger partial charge is 0.306 e. The van der Waals surface area contributed by atoms with Gasteiger partial charge in [-0.1, -0.05) is 0 Å². The average Bonchev–Trinajstić information content (AvgIpc) is 2.71. The van der Waals surface area contributed by atoms with Crippen molar-refractivity contribution in [3.8, 4) is 0 Å². The van der Waals surface area contributed by atoms with E-state index in [2.05, 4.69) is 4.98 Å². The quantitative estimate of drug-likeness (QED) is 0.784. The molecular weight excluding hydrogens is 182 g/mol. The van der Waals surface area contributed by atoms with Gasteiger partial charge in [-0.3, -0.25) is 4.79 Å². The minimum absolute atomic E-state index is 0.166. The van der Waals surface area contributed by atoms with Crippen LogP contribution in [0.2, 0.25) is 0 Å². The second-order valence-corrected chi connectivity index (χ2v) is 3.76. The van der Waals surface area contributed by atoms with Gasteiger partial charge in [-0.25, -0.2) is 4.98 Å². The van der Waals surface area contributed by atoms with E-state index in [1.54, 1.807) is 12.5 Å². The van der Waals surface area contributed by atoms with Gasteiger partial charge in [-0.15, -0.1) is 0 Å². The van der Waals surface area contributed by atoms with Crippen molar-refractivity contribution >= 4 is 5.97 Å². The van der Waals surface area contributed by atoms with Crippen molar-refractivity contribution in [2.24, 2.45) is 5.92 Å². The predicted octanol–water partition coefficient (Wildman–Crippen LogP) is 2.03. The standard InChI is InChI=1S/C10H13NO3/c12-10(13)8-3-1-7(2-4-8)9-11-5-6-14-9/h5-8H,1-4H2,(H,12,13). The highest BCUT2D eigenvalue weighted by Gasteiger charge is 2.28. The molecule has 1 aliphatic carbocycles. The highest BCUT2D eigenvalue weighted by Crippen LogP contribution is 2.34. The average molecular weight is 195 g/mol. The third-order valence-electron chi connectivity index (χ3n) is 2.88. The Bertz CT molecular complexity index is 299. The predicted molar refractivity (Wildman–Crippen MR) is 48.8 cm³/mol. The zero-order valence-corrected chi connectivity index (χ0v) is 7.85. The Morgan fingerprint density at radius 3 is 2.64 bits per heavy atom. The summed E-state index contributed by atoms with van der Waals surface area (Å²) in [6.45, 7) is 0. The summed E-state index contributed by atoms with van der Waals surface area (Å²) in [6.07, 6.45) is 6.43. The topological polar surface area (TPSA) is 63.3 Å². The molecule has 1 aromatic rings. The molecule has 4 nitrogen and oxygen atoms in total. The minimum Gasteiger partial charge on any atom is -0.481 e. The van der Waals surface area contributed by atoms with Gasteiger partial charge < -0.3 is 9.52 Å². The van der Waals surface area contributed by atoms with E-state index in [4.69, 9.17) is 9.52 Å². The Hall–Kier alpha value is -1.32. The van der Waals surface area contributed by atoms with E-state index in [1.165, 1.54) is 0 Å². The van der Waals surface area contributed by atoms with Gasteiger partial charge in [0.1, 0.15) is 6.26 Å². The van der Waals surface area contributed by atoms with E-state index in [-0.39, 0.29) is 5.92 Å². The van der Waals surface area contributed by atoms with Crippen LogP contribution in [0, 0.1) is 5.92 Å². The fourth-order valence-corrected chi connectivity index (χ4v) is 2.02. The van der Waals surface area contributed by atoms with Gasteiger partial charge in [0.15, 0.2) is 5.89 Å². The summed E-state index contributed by atoms with van der Waals surface area (Å²) in [7, 11) is 0. The lowest BCUT2D eigenvalue weighted by molar-refractivity contribution is -0.142. The summed E-state index contributed by atoms with van der Waals surface area (Å²) in [6, 6.07) is 0. The van der Waals surface area contributed by atoms with E-state index in [0.29, 0.717) is 5.92 Å². The van der Waals surface area contributed by atoms with Crippen LogP contribution in [-0.2, 0) is 4.79 Å². The maximum atomic E-state index is 10.7. The summed E-state index contributed by atoms with van der Waals surface area (Å²) in [5.41, 5.74) is 0. The second kappa shape index (κ2) is 3.82. The Morgan fingerprint density at radius 2 is 2.14 bits per heavy atom. The van der Waals surface area contributed by atoms with Crippen LogP contribution in [0.1, 0.15) is 37.5 Å². The van der Waals surface area contributed by atoms with E-state index in [9.17, 15) is 4.79 Å². The maximum Gasteiger partial charge on any atom is 0.306 e. The van der Waals surface area contributed by atoms with Crippen molar-refractivity contribution < 1.29 is 14.3 Å². The fourth-order valence-electron chi connectivity index (χ4n) is 2.02. The number of aromatic nitrogens is 1. The van der Waals surface area contributed by atoms with Crippen LogP contribution in [0.4, 0.5) is 0 Å². The van der Waals surface area contributed by atoms with Crippen LogP contribution in [0.3, 0.4) is 0 Å². The Labute approximate surface area is 81.9 Å². The molecule has 0 saturated heterocycles. The molecule has 2 rings (SSSR count). The van der Waals surface area contributed by atoms with E-state index >= 15 is 0 Å². The molecule has 0 unspecified atom stereocenters. The molecule has 76 valence electrons. The Balaban J connectivity index is 1.93. The second-order valence-electron chi connectivity index (χ2n) is 3.76. The van der Waals surface area contributed by atoms with Crippen LogP contribution in [0.25, 0.3) is 0 Å². The van der Waals surface area contributed by atoms with Crippen molar-refractivity contribution in [2.45, 2.75) is 31.6 Å². The van der Waals surface area contributed by atoms with Gasteiger partial charge in [0.25, 0.3) is 0 Å². The van der Waals surface area contributed by atoms with Gasteiger partial charge in [-0.05, 0) is 25.7 Å². The zero-order chi connectivity index (χ0) is 9.97. The van der Waals surface area contributed by atoms with Crippen LogP contribution >= 0.6 is 0 Å². The molecule has 1 N–H and O–H groups in total. The van der Waals surface area contributed by atoms with E-state index in [1.807, 2.05) is 0 Å². The molecule has 14 heavy (non-hydrogen) atoms. The Kier molecular flexibility index (Phi) is 2.52. The van der Waals surface area contributed by atoms with Gasteiger partial charge >= 0.3 is 5.97 Å². The van der Waals surface area contributed by atoms with Gasteiger partial charge in [0.2, 0.25) is 0 Å². The molecule has 0 aliphatic heterocycles. The molecule has 1 aliphatic rings. The number of nitrogens with zero attached hydrogens (tertiary/aromatic N) is 1. The highest BCUT2D eigenvalue weighted by atomic mass is 16.4. The Morgan fingerprint density at radius 1 is 1.43 bits per heavy atom. The first-order valence-electron chi connectivity index (χ1n) is 4.89. The molecule has 1 saturated carbocycles. The number of carboxylic acid groups (broad SMARTS) is 1. The van der Waals surface area contributed by atoms with Crippen LogP contribution in [0.5, 0.6) is 0 Å². The molecule has 0 atom stereocenters. The maximum absolute atomic E-state index is 10.7. The normalized spacial score (nSPS) is 27.4.